The number of carbonyl (C=O) groups excluding carboxylic acids is 2. The first-order valence-corrected chi connectivity index (χ1v) is 11.1. The second-order valence-corrected chi connectivity index (χ2v) is 8.33. The maximum atomic E-state index is 13.1. The van der Waals surface area contributed by atoms with Gasteiger partial charge in [0.15, 0.2) is 0 Å². The molecule has 0 atom stereocenters. The maximum absolute atomic E-state index is 13.1. The number of likely N-dealkylation sites (tertiary alicyclic amines) is 1. The molecular weight excluding hydrogens is 395 g/mol. The fourth-order valence-electron chi connectivity index (χ4n) is 4.59. The van der Waals surface area contributed by atoms with Crippen LogP contribution >= 0.6 is 0 Å². The van der Waals surface area contributed by atoms with Crippen LogP contribution in [0.4, 0.5) is 10.1 Å². The van der Waals surface area contributed by atoms with Gasteiger partial charge in [-0.2, -0.15) is 0 Å². The van der Waals surface area contributed by atoms with E-state index in [-0.39, 0.29) is 30.2 Å². The van der Waals surface area contributed by atoms with Crippen molar-refractivity contribution in [1.82, 2.24) is 4.90 Å². The molecule has 0 N–H and O–H groups in total. The minimum absolute atomic E-state index is 0.146. The van der Waals surface area contributed by atoms with E-state index in [1.165, 1.54) is 12.1 Å². The van der Waals surface area contributed by atoms with Crippen molar-refractivity contribution in [3.8, 4) is 0 Å². The summed E-state index contributed by atoms with van der Waals surface area (Å²) in [5.74, 6) is -0.300. The molecule has 1 fully saturated rings. The second-order valence-electron chi connectivity index (χ2n) is 8.33. The van der Waals surface area contributed by atoms with Gasteiger partial charge in [-0.05, 0) is 61.1 Å². The molecule has 4 rings (SSSR count). The number of amides is 1. The van der Waals surface area contributed by atoms with E-state index >= 15 is 0 Å². The smallest absolute Gasteiger partial charge is 0.310 e. The first kappa shape index (κ1) is 21.5. The standard InChI is InChI=1S/C25H29FN2O3/c1-2-31-25(30)16-19-3-6-20-17-24(29)28(23(20)15-19)22-10-13-27(14-11-22)12-9-18-4-7-21(26)8-5-18/h3-8,15,22H,2,9-14,16-17H2,1H3. The number of halogens is 1. The van der Waals surface area contributed by atoms with Crippen LogP contribution in [0.15, 0.2) is 42.5 Å². The third kappa shape index (κ3) is 5.13. The lowest BCUT2D eigenvalue weighted by Gasteiger charge is -2.37. The van der Waals surface area contributed by atoms with Crippen molar-refractivity contribution in [1.29, 1.82) is 0 Å². The highest BCUT2D eigenvalue weighted by atomic mass is 19.1. The summed E-state index contributed by atoms with van der Waals surface area (Å²) < 4.78 is 18.1. The van der Waals surface area contributed by atoms with Crippen LogP contribution < -0.4 is 4.90 Å². The van der Waals surface area contributed by atoms with E-state index in [2.05, 4.69) is 4.90 Å². The Morgan fingerprint density at radius 2 is 1.81 bits per heavy atom. The average Bonchev–Trinajstić information content (AvgIpc) is 3.09. The van der Waals surface area contributed by atoms with Gasteiger partial charge in [-0.3, -0.25) is 9.59 Å². The summed E-state index contributed by atoms with van der Waals surface area (Å²) in [6, 6.07) is 12.8. The first-order valence-electron chi connectivity index (χ1n) is 11.1. The van der Waals surface area contributed by atoms with Gasteiger partial charge in [-0.25, -0.2) is 4.39 Å². The van der Waals surface area contributed by atoms with Crippen molar-refractivity contribution in [3.05, 3.63) is 65.0 Å². The molecule has 0 aliphatic carbocycles. The molecule has 0 unspecified atom stereocenters. The molecule has 2 aromatic rings. The molecule has 164 valence electrons. The molecule has 2 aliphatic rings. The molecule has 0 aromatic heterocycles. The van der Waals surface area contributed by atoms with Crippen molar-refractivity contribution < 1.29 is 18.7 Å². The van der Waals surface area contributed by atoms with Crippen LogP contribution in [0.1, 0.15) is 36.5 Å². The van der Waals surface area contributed by atoms with Crippen molar-refractivity contribution >= 4 is 17.6 Å². The number of anilines is 1. The van der Waals surface area contributed by atoms with Gasteiger partial charge in [0.2, 0.25) is 5.91 Å². The summed E-state index contributed by atoms with van der Waals surface area (Å²) >= 11 is 0. The highest BCUT2D eigenvalue weighted by Gasteiger charge is 2.35. The van der Waals surface area contributed by atoms with Gasteiger partial charge >= 0.3 is 5.97 Å². The molecule has 0 saturated carbocycles. The molecule has 0 spiro atoms. The number of nitrogens with zero attached hydrogens (tertiary/aromatic N) is 2. The van der Waals surface area contributed by atoms with E-state index in [1.54, 1.807) is 6.92 Å². The molecule has 2 aromatic carbocycles. The normalized spacial score (nSPS) is 17.1. The topological polar surface area (TPSA) is 49.9 Å². The van der Waals surface area contributed by atoms with Gasteiger partial charge in [0.1, 0.15) is 5.82 Å². The fourth-order valence-corrected chi connectivity index (χ4v) is 4.59. The van der Waals surface area contributed by atoms with Crippen LogP contribution in [0, 0.1) is 5.82 Å². The second kappa shape index (κ2) is 9.60. The van der Waals surface area contributed by atoms with Crippen LogP contribution in [0.2, 0.25) is 0 Å². The highest BCUT2D eigenvalue weighted by Crippen LogP contribution is 2.34. The number of hydrogen-bond donors (Lipinski definition) is 0. The third-order valence-electron chi connectivity index (χ3n) is 6.23. The Bertz CT molecular complexity index is 936. The van der Waals surface area contributed by atoms with E-state index in [9.17, 15) is 14.0 Å². The lowest BCUT2D eigenvalue weighted by molar-refractivity contribution is -0.142. The molecule has 2 heterocycles. The third-order valence-corrected chi connectivity index (χ3v) is 6.23. The fraction of sp³-hybridized carbons (Fsp3) is 0.440. The number of ether oxygens (including phenoxy) is 1. The molecule has 31 heavy (non-hydrogen) atoms. The summed E-state index contributed by atoms with van der Waals surface area (Å²) in [5.41, 5.74) is 4.02. The van der Waals surface area contributed by atoms with Crippen LogP contribution in [0.3, 0.4) is 0 Å². The van der Waals surface area contributed by atoms with Gasteiger partial charge < -0.3 is 14.5 Å². The van der Waals surface area contributed by atoms with Gasteiger partial charge in [-0.1, -0.05) is 24.3 Å². The first-order chi connectivity index (χ1) is 15.0. The van der Waals surface area contributed by atoms with Crippen molar-refractivity contribution in [3.63, 3.8) is 0 Å². The summed E-state index contributed by atoms with van der Waals surface area (Å²) in [7, 11) is 0. The van der Waals surface area contributed by atoms with Gasteiger partial charge in [0.05, 0.1) is 19.4 Å². The zero-order valence-electron chi connectivity index (χ0n) is 18.0. The number of piperidine rings is 1. The number of esters is 1. The Morgan fingerprint density at radius 1 is 1.10 bits per heavy atom. The van der Waals surface area contributed by atoms with E-state index in [0.717, 1.165) is 61.3 Å². The zero-order chi connectivity index (χ0) is 21.8. The summed E-state index contributed by atoms with van der Waals surface area (Å²) in [6.45, 7) is 4.98. The predicted molar refractivity (Wildman–Crippen MR) is 118 cm³/mol. The maximum Gasteiger partial charge on any atom is 0.310 e. The van der Waals surface area contributed by atoms with E-state index in [0.29, 0.717) is 13.0 Å². The highest BCUT2D eigenvalue weighted by molar-refractivity contribution is 6.02. The summed E-state index contributed by atoms with van der Waals surface area (Å²) in [4.78, 5) is 29.0. The van der Waals surface area contributed by atoms with E-state index in [4.69, 9.17) is 4.74 Å². The number of benzene rings is 2. The molecule has 0 radical (unpaired) electrons. The molecular formula is C25H29FN2O3. The van der Waals surface area contributed by atoms with E-state index in [1.807, 2.05) is 35.2 Å². The van der Waals surface area contributed by atoms with Crippen molar-refractivity contribution in [2.75, 3.05) is 31.1 Å². The monoisotopic (exact) mass is 424 g/mol. The largest absolute Gasteiger partial charge is 0.466 e. The minimum atomic E-state index is -0.243. The van der Waals surface area contributed by atoms with Crippen molar-refractivity contribution in [2.24, 2.45) is 0 Å². The van der Waals surface area contributed by atoms with Gasteiger partial charge in [0, 0.05) is 31.4 Å². The number of carbonyl (C=O) groups is 2. The Morgan fingerprint density at radius 3 is 2.52 bits per heavy atom. The number of rotatable bonds is 7. The Hall–Kier alpha value is -2.73. The van der Waals surface area contributed by atoms with Crippen LogP contribution in [0.25, 0.3) is 0 Å². The van der Waals surface area contributed by atoms with Gasteiger partial charge in [-0.15, -0.1) is 0 Å². The number of hydrogen-bond acceptors (Lipinski definition) is 4. The molecule has 1 saturated heterocycles. The van der Waals surface area contributed by atoms with Crippen LogP contribution in [-0.2, 0) is 33.6 Å². The van der Waals surface area contributed by atoms with Crippen molar-refractivity contribution in [2.45, 2.75) is 45.1 Å². The Balaban J connectivity index is 1.36. The minimum Gasteiger partial charge on any atom is -0.466 e. The Kier molecular flexibility index (Phi) is 6.66. The van der Waals surface area contributed by atoms with E-state index < -0.39 is 0 Å². The predicted octanol–water partition coefficient (Wildman–Crippen LogP) is 3.53. The van der Waals surface area contributed by atoms with Crippen LogP contribution in [0.5, 0.6) is 0 Å². The lowest BCUT2D eigenvalue weighted by atomic mass is 10.0. The summed E-state index contributed by atoms with van der Waals surface area (Å²) in [5, 5.41) is 0. The molecule has 6 heteroatoms. The van der Waals surface area contributed by atoms with Gasteiger partial charge in [0.25, 0.3) is 0 Å². The Labute approximate surface area is 182 Å². The summed E-state index contributed by atoms with van der Waals surface area (Å²) in [6.07, 6.45) is 3.41. The van der Waals surface area contributed by atoms with Crippen LogP contribution in [-0.4, -0.2) is 49.1 Å². The molecule has 0 bridgehead atoms. The average molecular weight is 425 g/mol. The number of fused-ring (bicyclic) bond motifs is 1. The zero-order valence-corrected chi connectivity index (χ0v) is 18.0. The quantitative estimate of drug-likeness (QED) is 0.638. The SMILES string of the molecule is CCOC(=O)Cc1ccc2c(c1)N(C1CCN(CCc3ccc(F)cc3)CC1)C(=O)C2. The molecule has 2 aliphatic heterocycles. The molecule has 1 amide bonds. The lowest BCUT2D eigenvalue weighted by Crippen LogP contribution is -2.46. The molecule has 5 nitrogen and oxygen atoms in total.